The van der Waals surface area contributed by atoms with Gasteiger partial charge in [-0.25, -0.2) is 14.6 Å². The first kappa shape index (κ1) is 15.1. The Morgan fingerprint density at radius 2 is 1.68 bits per heavy atom. The third-order valence-electron chi connectivity index (χ3n) is 4.27. The molecule has 0 radical (unpaired) electrons. The van der Waals surface area contributed by atoms with Crippen molar-refractivity contribution in [2.45, 2.75) is 0 Å². The summed E-state index contributed by atoms with van der Waals surface area (Å²) < 4.78 is 1.76. The Labute approximate surface area is 145 Å². The molecule has 1 aliphatic heterocycles. The molecule has 0 aliphatic carbocycles. The highest BCUT2D eigenvalue weighted by Crippen LogP contribution is 2.21. The molecule has 3 aromatic rings. The number of aromatic nitrogens is 4. The second kappa shape index (κ2) is 6.61. The van der Waals surface area contributed by atoms with E-state index in [1.165, 1.54) is 0 Å². The minimum Gasteiger partial charge on any atom is -0.353 e. The fourth-order valence-corrected chi connectivity index (χ4v) is 3.00. The molecule has 7 heteroatoms. The molecule has 0 aromatic carbocycles. The maximum atomic E-state index is 9.25. The highest BCUT2D eigenvalue weighted by atomic mass is 15.3. The van der Waals surface area contributed by atoms with E-state index in [0.717, 1.165) is 43.6 Å². The van der Waals surface area contributed by atoms with Crippen molar-refractivity contribution in [3.63, 3.8) is 0 Å². The van der Waals surface area contributed by atoms with Crippen molar-refractivity contribution in [2.75, 3.05) is 36.0 Å². The molecule has 25 heavy (non-hydrogen) atoms. The first-order valence-corrected chi connectivity index (χ1v) is 8.17. The fraction of sp³-hybridized carbons (Fsp3) is 0.222. The third kappa shape index (κ3) is 3.02. The monoisotopic (exact) mass is 331 g/mol. The number of hydrogen-bond acceptors (Lipinski definition) is 6. The highest BCUT2D eigenvalue weighted by molar-refractivity contribution is 5.55. The highest BCUT2D eigenvalue weighted by Gasteiger charge is 2.21. The summed E-state index contributed by atoms with van der Waals surface area (Å²) in [6.07, 6.45) is 5.36. The Balaban J connectivity index is 1.49. The van der Waals surface area contributed by atoms with Crippen LogP contribution < -0.4 is 9.80 Å². The van der Waals surface area contributed by atoms with Gasteiger partial charge in [-0.3, -0.25) is 0 Å². The van der Waals surface area contributed by atoms with Gasteiger partial charge < -0.3 is 9.80 Å². The molecule has 1 fully saturated rings. The minimum absolute atomic E-state index is 0.620. The van der Waals surface area contributed by atoms with Crippen LogP contribution in [0.25, 0.3) is 5.82 Å². The van der Waals surface area contributed by atoms with E-state index in [4.69, 9.17) is 4.98 Å². The van der Waals surface area contributed by atoms with Crippen molar-refractivity contribution in [1.29, 1.82) is 5.26 Å². The molecule has 0 amide bonds. The predicted octanol–water partition coefficient (Wildman–Crippen LogP) is 1.86. The Bertz CT molecular complexity index is 890. The fourth-order valence-electron chi connectivity index (χ4n) is 3.00. The number of hydrogen-bond donors (Lipinski definition) is 0. The van der Waals surface area contributed by atoms with Crippen LogP contribution in [0.3, 0.4) is 0 Å². The van der Waals surface area contributed by atoms with Crippen LogP contribution in [0, 0.1) is 11.3 Å². The molecule has 0 spiro atoms. The van der Waals surface area contributed by atoms with Gasteiger partial charge in [0.2, 0.25) is 0 Å². The van der Waals surface area contributed by atoms with Gasteiger partial charge in [-0.15, -0.1) is 0 Å². The summed E-state index contributed by atoms with van der Waals surface area (Å²) in [6.45, 7) is 3.27. The van der Waals surface area contributed by atoms with Crippen molar-refractivity contribution in [1.82, 2.24) is 19.7 Å². The summed E-state index contributed by atoms with van der Waals surface area (Å²) in [5.41, 5.74) is 0.620. The van der Waals surface area contributed by atoms with Gasteiger partial charge in [0.05, 0.1) is 5.56 Å². The summed E-state index contributed by atoms with van der Waals surface area (Å²) in [5.74, 6) is 2.51. The average Bonchev–Trinajstić information content (AvgIpc) is 3.23. The lowest BCUT2D eigenvalue weighted by molar-refractivity contribution is 0.640. The molecule has 0 bridgehead atoms. The first-order valence-electron chi connectivity index (χ1n) is 8.17. The number of rotatable bonds is 3. The summed E-state index contributed by atoms with van der Waals surface area (Å²) in [7, 11) is 0. The van der Waals surface area contributed by atoms with Crippen LogP contribution in [-0.4, -0.2) is 45.9 Å². The molecule has 0 N–H and O–H groups in total. The Kier molecular flexibility index (Phi) is 4.01. The van der Waals surface area contributed by atoms with Crippen molar-refractivity contribution < 1.29 is 0 Å². The SMILES string of the molecule is N#Cc1cccnc1N1CCN(c2cccc(-n3cccn3)n2)CC1. The van der Waals surface area contributed by atoms with Gasteiger partial charge in [-0.05, 0) is 30.3 Å². The van der Waals surface area contributed by atoms with Crippen molar-refractivity contribution in [3.05, 3.63) is 60.6 Å². The Morgan fingerprint density at radius 3 is 2.44 bits per heavy atom. The topological polar surface area (TPSA) is 73.9 Å². The van der Waals surface area contributed by atoms with Crippen LogP contribution in [0.2, 0.25) is 0 Å². The largest absolute Gasteiger partial charge is 0.353 e. The number of pyridine rings is 2. The van der Waals surface area contributed by atoms with Gasteiger partial charge in [0, 0.05) is 44.8 Å². The molecule has 4 heterocycles. The van der Waals surface area contributed by atoms with E-state index in [1.807, 2.05) is 36.5 Å². The number of nitriles is 1. The molecule has 1 aliphatic rings. The summed E-state index contributed by atoms with van der Waals surface area (Å²) in [5, 5.41) is 13.5. The molecule has 4 rings (SSSR count). The smallest absolute Gasteiger partial charge is 0.155 e. The van der Waals surface area contributed by atoms with E-state index in [1.54, 1.807) is 23.1 Å². The molecular weight excluding hydrogens is 314 g/mol. The maximum Gasteiger partial charge on any atom is 0.155 e. The quantitative estimate of drug-likeness (QED) is 0.729. The maximum absolute atomic E-state index is 9.25. The van der Waals surface area contributed by atoms with Crippen LogP contribution in [-0.2, 0) is 0 Å². The van der Waals surface area contributed by atoms with E-state index in [9.17, 15) is 5.26 Å². The van der Waals surface area contributed by atoms with E-state index >= 15 is 0 Å². The third-order valence-corrected chi connectivity index (χ3v) is 4.27. The summed E-state index contributed by atoms with van der Waals surface area (Å²) in [6, 6.07) is 13.7. The van der Waals surface area contributed by atoms with Crippen LogP contribution in [0.1, 0.15) is 5.56 Å². The zero-order chi connectivity index (χ0) is 17.1. The average molecular weight is 331 g/mol. The van der Waals surface area contributed by atoms with Crippen molar-refractivity contribution >= 4 is 11.6 Å². The van der Waals surface area contributed by atoms with E-state index in [2.05, 4.69) is 26.0 Å². The van der Waals surface area contributed by atoms with Gasteiger partial charge in [-0.2, -0.15) is 10.4 Å². The molecule has 124 valence electrons. The normalized spacial score (nSPS) is 14.4. The first-order chi connectivity index (χ1) is 12.3. The van der Waals surface area contributed by atoms with Gasteiger partial charge >= 0.3 is 0 Å². The zero-order valence-electron chi connectivity index (χ0n) is 13.7. The lowest BCUT2D eigenvalue weighted by atomic mass is 10.2. The Hall–Kier alpha value is -3.40. The molecule has 0 unspecified atom stereocenters. The van der Waals surface area contributed by atoms with Crippen LogP contribution >= 0.6 is 0 Å². The van der Waals surface area contributed by atoms with E-state index < -0.39 is 0 Å². The van der Waals surface area contributed by atoms with Gasteiger partial charge in [0.25, 0.3) is 0 Å². The molecule has 1 saturated heterocycles. The summed E-state index contributed by atoms with van der Waals surface area (Å²) in [4.78, 5) is 13.5. The number of piperazine rings is 1. The molecular formula is C18H17N7. The lowest BCUT2D eigenvalue weighted by Crippen LogP contribution is -2.47. The number of nitrogens with zero attached hydrogens (tertiary/aromatic N) is 7. The van der Waals surface area contributed by atoms with Crippen molar-refractivity contribution in [3.8, 4) is 11.9 Å². The molecule has 0 atom stereocenters. The van der Waals surface area contributed by atoms with Gasteiger partial charge in [0.15, 0.2) is 5.82 Å². The standard InChI is InChI=1S/C18H17N7/c19-14-15-4-2-7-20-18(15)24-12-10-23(11-13-24)16-5-1-6-17(22-16)25-9-3-8-21-25/h1-9H,10-13H2. The van der Waals surface area contributed by atoms with Crippen molar-refractivity contribution in [2.24, 2.45) is 0 Å². The van der Waals surface area contributed by atoms with Crippen LogP contribution in [0.5, 0.6) is 0 Å². The minimum atomic E-state index is 0.620. The predicted molar refractivity (Wildman–Crippen MR) is 94.7 cm³/mol. The lowest BCUT2D eigenvalue weighted by Gasteiger charge is -2.36. The van der Waals surface area contributed by atoms with E-state index in [0.29, 0.717) is 5.56 Å². The zero-order valence-corrected chi connectivity index (χ0v) is 13.7. The van der Waals surface area contributed by atoms with Crippen LogP contribution in [0.15, 0.2) is 55.0 Å². The molecule has 7 nitrogen and oxygen atoms in total. The molecule has 0 saturated carbocycles. The second-order valence-corrected chi connectivity index (χ2v) is 5.77. The molecule has 3 aromatic heterocycles. The van der Waals surface area contributed by atoms with Gasteiger partial charge in [-0.1, -0.05) is 6.07 Å². The number of anilines is 2. The van der Waals surface area contributed by atoms with Crippen LogP contribution in [0.4, 0.5) is 11.6 Å². The van der Waals surface area contributed by atoms with E-state index in [-0.39, 0.29) is 0 Å². The van der Waals surface area contributed by atoms with Gasteiger partial charge in [0.1, 0.15) is 17.7 Å². The summed E-state index contributed by atoms with van der Waals surface area (Å²) >= 11 is 0. The second-order valence-electron chi connectivity index (χ2n) is 5.77. The Morgan fingerprint density at radius 1 is 0.880 bits per heavy atom.